The van der Waals surface area contributed by atoms with Crippen molar-refractivity contribution in [3.05, 3.63) is 229 Å². The van der Waals surface area contributed by atoms with Gasteiger partial charge in [-0.15, -0.1) is 12.8 Å². The number of halogens is 1. The number of aliphatic hydroxyl groups excluding tert-OH is 2. The highest BCUT2D eigenvalue weighted by Gasteiger charge is 2.33. The van der Waals surface area contributed by atoms with E-state index in [-0.39, 0.29) is 17.1 Å². The monoisotopic (exact) mass is 1260 g/mol. The summed E-state index contributed by atoms with van der Waals surface area (Å²) in [5.74, 6) is -1.63. The lowest BCUT2D eigenvalue weighted by molar-refractivity contribution is -0.143. The molecule has 3 atom stereocenters. The number of hydrogen-bond acceptors (Lipinski definition) is 16. The largest absolute Gasteiger partial charge is 0.508 e. The topological polar surface area (TPSA) is 267 Å². The Kier molecular flexibility index (Phi) is 26.7. The number of fused-ring (bicyclic) bond motifs is 3. The number of carbonyl (C=O) groups is 7. The zero-order valence-electron chi connectivity index (χ0n) is 52.1. The van der Waals surface area contributed by atoms with Crippen LogP contribution in [-0.4, -0.2) is 66.6 Å². The molecule has 0 aliphatic heterocycles. The van der Waals surface area contributed by atoms with Gasteiger partial charge in [0, 0.05) is 56.7 Å². The third kappa shape index (κ3) is 20.2. The molecule has 17 nitrogen and oxygen atoms in total. The van der Waals surface area contributed by atoms with E-state index >= 15 is 0 Å². The van der Waals surface area contributed by atoms with Crippen molar-refractivity contribution in [2.45, 2.75) is 91.5 Å². The maximum absolute atomic E-state index is 12.1. The molecule has 0 saturated heterocycles. The zero-order valence-corrected chi connectivity index (χ0v) is 51.8. The van der Waals surface area contributed by atoms with E-state index in [1.807, 2.05) is 54.6 Å². The number of aliphatic carboxylic acids is 1. The lowest BCUT2D eigenvalue weighted by Crippen LogP contribution is -2.13. The van der Waals surface area contributed by atoms with Crippen molar-refractivity contribution in [2.75, 3.05) is 0 Å². The van der Waals surface area contributed by atoms with Crippen molar-refractivity contribution < 1.29 is 84.1 Å². The summed E-state index contributed by atoms with van der Waals surface area (Å²) in [5, 5.41) is 46.5. The van der Waals surface area contributed by atoms with Crippen LogP contribution in [0.4, 0.5) is 0 Å². The zero-order chi connectivity index (χ0) is 68.7. The Labute approximate surface area is 535 Å². The Morgan fingerprint density at radius 3 is 1.21 bits per heavy atom. The van der Waals surface area contributed by atoms with Crippen molar-refractivity contribution >= 4 is 52.7 Å². The maximum atomic E-state index is 12.1. The van der Waals surface area contributed by atoms with Gasteiger partial charge < -0.3 is 49.2 Å². The number of carbonyl (C=O) groups excluding carboxylic acids is 6. The lowest BCUT2D eigenvalue weighted by atomic mass is 9.96. The van der Waals surface area contributed by atoms with Crippen molar-refractivity contribution in [2.24, 2.45) is 0 Å². The predicted molar refractivity (Wildman–Crippen MR) is 348 cm³/mol. The van der Waals surface area contributed by atoms with E-state index in [0.717, 1.165) is 68.6 Å². The molecular formula is C73H71ClO17. The molecule has 3 unspecified atom stereocenters. The molecular weight excluding hydrogens is 1180 g/mol. The number of carboxylic acids is 1. The highest BCUT2D eigenvalue weighted by Crippen LogP contribution is 2.47. The second-order valence-electron chi connectivity index (χ2n) is 20.7. The van der Waals surface area contributed by atoms with Gasteiger partial charge in [-0.3, -0.25) is 4.79 Å². The molecule has 3 aliphatic rings. The first-order valence-corrected chi connectivity index (χ1v) is 28.3. The summed E-state index contributed by atoms with van der Waals surface area (Å²) in [7, 11) is 0. The molecule has 472 valence electrons. The number of hydrogen-bond donors (Lipinski definition) is 5. The molecule has 6 aromatic carbocycles. The van der Waals surface area contributed by atoms with Gasteiger partial charge in [-0.1, -0.05) is 101 Å². The number of rotatable bonds is 15. The fourth-order valence-electron chi connectivity index (χ4n) is 9.21. The van der Waals surface area contributed by atoms with Gasteiger partial charge in [0.15, 0.2) is 0 Å². The van der Waals surface area contributed by atoms with Crippen LogP contribution in [0.5, 0.6) is 34.5 Å². The SMILES string of the molecule is C=C(C)C(=O)Cl.C=C(C)C(=O)Oc1ccc(-c2ccc(OC(=O)C(=C)C)c3c2CCC3O)cc1.C=CC(=O)O.C=CC(=O)OC1CCc2c(-c3ccc(OC(=O)C(=C)C)cc3)ccc(OC(=O)C(=C)C)c21.Oc1ccc(-c2ccc(O)c3c2CCC3O)cc1.[2H]C#C. The summed E-state index contributed by atoms with van der Waals surface area (Å²) >= 11 is 4.87. The Morgan fingerprint density at radius 2 is 0.835 bits per heavy atom. The molecule has 0 bridgehead atoms. The van der Waals surface area contributed by atoms with Crippen LogP contribution in [0.3, 0.4) is 0 Å². The summed E-state index contributed by atoms with van der Waals surface area (Å²) < 4.78 is 32.6. The van der Waals surface area contributed by atoms with Crippen LogP contribution in [-0.2, 0) is 57.6 Å². The van der Waals surface area contributed by atoms with E-state index in [2.05, 4.69) is 52.5 Å². The van der Waals surface area contributed by atoms with Crippen LogP contribution < -0.4 is 18.9 Å². The van der Waals surface area contributed by atoms with Crippen molar-refractivity contribution in [3.8, 4) is 80.7 Å². The molecule has 9 rings (SSSR count). The minimum absolute atomic E-state index is 0.164. The molecule has 3 aliphatic carbocycles. The first-order chi connectivity index (χ1) is 43.5. The summed E-state index contributed by atoms with van der Waals surface area (Å²) in [4.78, 5) is 78.3. The smallest absolute Gasteiger partial charge is 0.338 e. The third-order valence-electron chi connectivity index (χ3n) is 13.6. The second-order valence-corrected chi connectivity index (χ2v) is 21.0. The minimum atomic E-state index is -0.981. The summed E-state index contributed by atoms with van der Waals surface area (Å²) in [6.45, 7) is 31.9. The lowest BCUT2D eigenvalue weighted by Gasteiger charge is -2.18. The standard InChI is InChI=1S/C26H24O6.C23H22O5.C15H14O3.C4H5ClO.C3H4O2.C2H2/c1-6-23(27)31-21-14-12-20-19(11-13-22(24(20)21)32-26(29)16(4)5)17-7-9-18(10-8-17)30-25(28)15(2)3;1-13(2)22(25)27-16-7-5-15(6-8-16)17-10-12-20(28-23(26)14(3)4)21-18(17)9-11-19(21)24;16-10-3-1-9(2-4-10)11-5-7-13(17)15-12(11)6-8-14(15)18;1-3(2)4(5)6;1-2-3(4)5;1-2/h6-11,13,21H,1-2,4,12,14H2,3,5H3;5-8,10,12,19,24H,1,3,9,11H2,2,4H3;1-5,7,14,16-18H,6,8H2;1H2,2H3;2H,1H2,(H,4,5);1-2H/i;;;;;1D. The Balaban J connectivity index is 0.000000272. The summed E-state index contributed by atoms with van der Waals surface area (Å²) in [6.07, 6.45) is 9.73. The van der Waals surface area contributed by atoms with Crippen molar-refractivity contribution in [1.29, 1.82) is 0 Å². The molecule has 0 spiro atoms. The van der Waals surface area contributed by atoms with Gasteiger partial charge in [-0.25, -0.2) is 28.8 Å². The quantitative estimate of drug-likeness (QED) is 0.0210. The van der Waals surface area contributed by atoms with Crippen LogP contribution in [0, 0.1) is 12.8 Å². The fraction of sp³-hybridized carbons (Fsp3) is 0.192. The number of phenolic OH excluding ortho intramolecular Hbond substituents is 2. The first-order valence-electron chi connectivity index (χ1n) is 28.4. The number of benzene rings is 6. The van der Waals surface area contributed by atoms with Crippen LogP contribution in [0.25, 0.3) is 33.4 Å². The molecule has 0 fully saturated rings. The van der Waals surface area contributed by atoms with Gasteiger partial charge in [0.1, 0.15) is 42.0 Å². The number of allylic oxidation sites excluding steroid dienone is 1. The Morgan fingerprint density at radius 1 is 0.505 bits per heavy atom. The van der Waals surface area contributed by atoms with E-state index in [9.17, 15) is 54.0 Å². The van der Waals surface area contributed by atoms with E-state index in [1.54, 1.807) is 89.2 Å². The fourth-order valence-corrected chi connectivity index (χ4v) is 9.21. The average Bonchev–Trinajstić information content (AvgIpc) is 1.58. The van der Waals surface area contributed by atoms with Crippen LogP contribution >= 0.6 is 11.6 Å². The number of esters is 5. The number of aliphatic hydroxyl groups is 2. The number of terminal acetylenes is 1. The Hall–Kier alpha value is -10.6. The molecule has 0 saturated carbocycles. The average molecular weight is 1260 g/mol. The molecule has 91 heavy (non-hydrogen) atoms. The molecule has 0 radical (unpaired) electrons. The third-order valence-corrected chi connectivity index (χ3v) is 13.9. The number of phenols is 2. The number of ether oxygens (including phenoxy) is 5. The normalized spacial score (nSPS) is 14.0. The van der Waals surface area contributed by atoms with Crippen molar-refractivity contribution in [3.63, 3.8) is 0 Å². The highest BCUT2D eigenvalue weighted by molar-refractivity contribution is 6.67. The van der Waals surface area contributed by atoms with Crippen molar-refractivity contribution in [1.82, 2.24) is 0 Å². The highest BCUT2D eigenvalue weighted by atomic mass is 35.5. The number of aromatic hydroxyl groups is 2. The second kappa shape index (κ2) is 34.2. The molecule has 0 aromatic heterocycles. The molecule has 0 heterocycles. The Bertz CT molecular complexity index is 3880. The van der Waals surface area contributed by atoms with Gasteiger partial charge in [0.25, 0.3) is 0 Å². The number of carboxylic acid groups (broad SMARTS) is 1. The van der Waals surface area contributed by atoms with E-state index in [0.29, 0.717) is 94.1 Å². The maximum Gasteiger partial charge on any atom is 0.338 e. The van der Waals surface area contributed by atoms with Crippen LogP contribution in [0.15, 0.2) is 195 Å². The van der Waals surface area contributed by atoms with Gasteiger partial charge in [-0.05, 0) is 189 Å². The van der Waals surface area contributed by atoms with Crippen LogP contribution in [0.1, 0.15) is 107 Å². The molecule has 5 N–H and O–H groups in total. The van der Waals surface area contributed by atoms with Gasteiger partial charge >= 0.3 is 35.8 Å². The minimum Gasteiger partial charge on any atom is -0.508 e. The predicted octanol–water partition coefficient (Wildman–Crippen LogP) is 13.9. The summed E-state index contributed by atoms with van der Waals surface area (Å²) in [6, 6.07) is 31.7. The molecule has 0 amide bonds. The van der Waals surface area contributed by atoms with E-state index in [4.69, 9.17) is 41.8 Å². The molecule has 18 heteroatoms. The van der Waals surface area contributed by atoms with Gasteiger partial charge in [-0.2, -0.15) is 0 Å². The van der Waals surface area contributed by atoms with E-state index in [1.165, 1.54) is 6.40 Å². The molecule has 6 aromatic rings. The van der Waals surface area contributed by atoms with Gasteiger partial charge in [0.05, 0.1) is 12.2 Å². The van der Waals surface area contributed by atoms with Gasteiger partial charge in [0.2, 0.25) is 5.24 Å². The van der Waals surface area contributed by atoms with Crippen LogP contribution in [0.2, 0.25) is 0 Å². The first kappa shape index (κ1) is 71.1. The van der Waals surface area contributed by atoms with E-state index < -0.39 is 59.4 Å². The summed E-state index contributed by atoms with van der Waals surface area (Å²) in [5.41, 5.74) is 12.1.